The molecule has 1 aliphatic heterocycles. The van der Waals surface area contributed by atoms with Crippen LogP contribution in [-0.2, 0) is 23.1 Å². The Balaban J connectivity index is 2.34. The van der Waals surface area contributed by atoms with Gasteiger partial charge in [-0.2, -0.15) is 5.10 Å². The standard InChI is InChI=1S/C12H17N5O4/c1-4-5-7-10(17(20)21)11(16(3)14-7)13-8-6-9(18)15(2)12(8)19/h8,13H,4-6H2,1-3H3. The smallest absolute Gasteiger partial charge is 0.334 e. The molecule has 9 nitrogen and oxygen atoms in total. The molecule has 2 rings (SSSR count). The van der Waals surface area contributed by atoms with Gasteiger partial charge in [0.2, 0.25) is 11.7 Å². The Morgan fingerprint density at radius 1 is 1.43 bits per heavy atom. The number of carbonyl (C=O) groups is 2. The lowest BCUT2D eigenvalue weighted by atomic mass is 10.2. The predicted molar refractivity (Wildman–Crippen MR) is 73.7 cm³/mol. The number of nitro groups is 1. The van der Waals surface area contributed by atoms with Gasteiger partial charge in [-0.15, -0.1) is 0 Å². The molecule has 21 heavy (non-hydrogen) atoms. The Hall–Kier alpha value is -2.45. The highest BCUT2D eigenvalue weighted by molar-refractivity contribution is 6.06. The lowest BCUT2D eigenvalue weighted by Crippen LogP contribution is -2.32. The van der Waals surface area contributed by atoms with Crippen molar-refractivity contribution in [1.82, 2.24) is 14.7 Å². The Morgan fingerprint density at radius 2 is 2.10 bits per heavy atom. The third-order valence-electron chi connectivity index (χ3n) is 3.45. The molecule has 0 aliphatic carbocycles. The third kappa shape index (κ3) is 2.58. The first kappa shape index (κ1) is 14.9. The number of likely N-dealkylation sites (N-methyl/N-ethyl adjacent to an activating group) is 1. The van der Waals surface area contributed by atoms with Crippen molar-refractivity contribution in [2.24, 2.45) is 7.05 Å². The van der Waals surface area contributed by atoms with Gasteiger partial charge < -0.3 is 5.32 Å². The van der Waals surface area contributed by atoms with E-state index in [1.165, 1.54) is 11.7 Å². The molecule has 1 aromatic heterocycles. The summed E-state index contributed by atoms with van der Waals surface area (Å²) in [6.07, 6.45) is 1.19. The summed E-state index contributed by atoms with van der Waals surface area (Å²) >= 11 is 0. The van der Waals surface area contributed by atoms with Crippen molar-refractivity contribution in [2.75, 3.05) is 12.4 Å². The highest BCUT2D eigenvalue weighted by Gasteiger charge is 2.38. The van der Waals surface area contributed by atoms with Crippen LogP contribution in [0, 0.1) is 10.1 Å². The maximum absolute atomic E-state index is 11.9. The lowest BCUT2D eigenvalue weighted by molar-refractivity contribution is -0.384. The maximum atomic E-state index is 11.9. The molecular weight excluding hydrogens is 278 g/mol. The molecule has 0 radical (unpaired) electrons. The van der Waals surface area contributed by atoms with E-state index < -0.39 is 16.9 Å². The monoisotopic (exact) mass is 295 g/mol. The van der Waals surface area contributed by atoms with Gasteiger partial charge in [0.25, 0.3) is 5.91 Å². The van der Waals surface area contributed by atoms with Gasteiger partial charge in [0.05, 0.1) is 11.3 Å². The van der Waals surface area contributed by atoms with E-state index in [-0.39, 0.29) is 23.8 Å². The SMILES string of the molecule is CCCc1nn(C)c(NC2CC(=O)N(C)C2=O)c1[N+](=O)[O-]. The number of nitrogens with zero attached hydrogens (tertiary/aromatic N) is 4. The predicted octanol–water partition coefficient (Wildman–Crippen LogP) is 0.450. The molecule has 1 saturated heterocycles. The normalized spacial score (nSPS) is 18.4. The van der Waals surface area contributed by atoms with Crippen LogP contribution < -0.4 is 5.32 Å². The van der Waals surface area contributed by atoms with Gasteiger partial charge in [-0.05, 0) is 6.42 Å². The Kier molecular flexibility index (Phi) is 3.92. The van der Waals surface area contributed by atoms with Gasteiger partial charge in [-0.3, -0.25) is 24.6 Å². The van der Waals surface area contributed by atoms with Crippen LogP contribution in [0.3, 0.4) is 0 Å². The second-order valence-electron chi connectivity index (χ2n) is 4.97. The van der Waals surface area contributed by atoms with E-state index in [0.29, 0.717) is 12.1 Å². The topological polar surface area (TPSA) is 110 Å². The van der Waals surface area contributed by atoms with Crippen molar-refractivity contribution in [3.63, 3.8) is 0 Å². The van der Waals surface area contributed by atoms with Crippen LogP contribution in [0.1, 0.15) is 25.5 Å². The van der Waals surface area contributed by atoms with E-state index in [2.05, 4.69) is 10.4 Å². The first-order chi connectivity index (χ1) is 9.86. The summed E-state index contributed by atoms with van der Waals surface area (Å²) in [5.41, 5.74) is 0.242. The van der Waals surface area contributed by atoms with Crippen LogP contribution in [0.2, 0.25) is 0 Å². The number of hydrogen-bond acceptors (Lipinski definition) is 6. The summed E-state index contributed by atoms with van der Waals surface area (Å²) in [5, 5.41) is 18.2. The molecule has 0 saturated carbocycles. The van der Waals surface area contributed by atoms with Crippen LogP contribution in [-0.4, -0.2) is 44.5 Å². The van der Waals surface area contributed by atoms with E-state index in [1.807, 2.05) is 6.92 Å². The zero-order valence-corrected chi connectivity index (χ0v) is 12.1. The minimum atomic E-state index is -0.786. The number of aryl methyl sites for hydroxylation is 2. The zero-order chi connectivity index (χ0) is 15.7. The van der Waals surface area contributed by atoms with Crippen molar-refractivity contribution in [1.29, 1.82) is 0 Å². The van der Waals surface area contributed by atoms with Crippen molar-refractivity contribution < 1.29 is 14.5 Å². The number of nitrogens with one attached hydrogen (secondary N) is 1. The fraction of sp³-hybridized carbons (Fsp3) is 0.583. The van der Waals surface area contributed by atoms with E-state index in [1.54, 1.807) is 7.05 Å². The number of likely N-dealkylation sites (tertiary alicyclic amines) is 1. The number of rotatable bonds is 5. The quantitative estimate of drug-likeness (QED) is 0.479. The van der Waals surface area contributed by atoms with Gasteiger partial charge in [0, 0.05) is 14.1 Å². The van der Waals surface area contributed by atoms with E-state index in [0.717, 1.165) is 11.3 Å². The summed E-state index contributed by atoms with van der Waals surface area (Å²) in [4.78, 5) is 35.2. The molecule has 0 spiro atoms. The summed E-state index contributed by atoms with van der Waals surface area (Å²) in [7, 11) is 2.96. The van der Waals surface area contributed by atoms with Crippen LogP contribution >= 0.6 is 0 Å². The second kappa shape index (κ2) is 5.51. The first-order valence-electron chi connectivity index (χ1n) is 6.64. The van der Waals surface area contributed by atoms with E-state index in [4.69, 9.17) is 0 Å². The molecule has 0 aromatic carbocycles. The summed E-state index contributed by atoms with van der Waals surface area (Å²) < 4.78 is 1.35. The average Bonchev–Trinajstić information content (AvgIpc) is 2.84. The van der Waals surface area contributed by atoms with Gasteiger partial charge in [0.1, 0.15) is 11.7 Å². The Bertz CT molecular complexity index is 609. The fourth-order valence-electron chi connectivity index (χ4n) is 2.36. The number of carbonyl (C=O) groups excluding carboxylic acids is 2. The molecule has 9 heteroatoms. The number of aromatic nitrogens is 2. The van der Waals surface area contributed by atoms with Gasteiger partial charge >= 0.3 is 5.69 Å². The molecule has 2 amide bonds. The van der Waals surface area contributed by atoms with Gasteiger partial charge in [-0.1, -0.05) is 13.3 Å². The average molecular weight is 295 g/mol. The highest BCUT2D eigenvalue weighted by Crippen LogP contribution is 2.30. The Labute approximate surface area is 121 Å². The molecule has 1 unspecified atom stereocenters. The largest absolute Gasteiger partial charge is 0.352 e. The summed E-state index contributed by atoms with van der Waals surface area (Å²) in [6.45, 7) is 1.90. The molecular formula is C12H17N5O4. The molecule has 114 valence electrons. The second-order valence-corrected chi connectivity index (χ2v) is 4.97. The molecule has 1 aromatic rings. The number of amides is 2. The minimum absolute atomic E-state index is 0.0131. The molecule has 0 bridgehead atoms. The van der Waals surface area contributed by atoms with Crippen molar-refractivity contribution in [3.8, 4) is 0 Å². The van der Waals surface area contributed by atoms with Crippen LogP contribution in [0.25, 0.3) is 0 Å². The fourth-order valence-corrected chi connectivity index (χ4v) is 2.36. The van der Waals surface area contributed by atoms with Crippen LogP contribution in [0.15, 0.2) is 0 Å². The van der Waals surface area contributed by atoms with Crippen LogP contribution in [0.5, 0.6) is 0 Å². The molecule has 2 heterocycles. The van der Waals surface area contributed by atoms with Crippen LogP contribution in [0.4, 0.5) is 11.5 Å². The number of hydrogen-bond donors (Lipinski definition) is 1. The van der Waals surface area contributed by atoms with E-state index in [9.17, 15) is 19.7 Å². The zero-order valence-electron chi connectivity index (χ0n) is 12.1. The third-order valence-corrected chi connectivity index (χ3v) is 3.45. The highest BCUT2D eigenvalue weighted by atomic mass is 16.6. The number of anilines is 1. The van der Waals surface area contributed by atoms with E-state index >= 15 is 0 Å². The Morgan fingerprint density at radius 3 is 2.57 bits per heavy atom. The van der Waals surface area contributed by atoms with Crippen molar-refractivity contribution in [2.45, 2.75) is 32.2 Å². The minimum Gasteiger partial charge on any atom is -0.352 e. The summed E-state index contributed by atoms with van der Waals surface area (Å²) in [5.74, 6) is -0.548. The van der Waals surface area contributed by atoms with Gasteiger partial charge in [0.15, 0.2) is 0 Å². The summed E-state index contributed by atoms with van der Waals surface area (Å²) in [6, 6.07) is -0.786. The molecule has 1 fully saturated rings. The number of imide groups is 1. The maximum Gasteiger partial charge on any atom is 0.334 e. The van der Waals surface area contributed by atoms with Crippen molar-refractivity contribution in [3.05, 3.63) is 15.8 Å². The first-order valence-corrected chi connectivity index (χ1v) is 6.64. The lowest BCUT2D eigenvalue weighted by Gasteiger charge is -2.11. The molecule has 1 aliphatic rings. The molecule has 1 N–H and O–H groups in total. The van der Waals surface area contributed by atoms with Gasteiger partial charge in [-0.25, -0.2) is 4.68 Å². The molecule has 1 atom stereocenters. The van der Waals surface area contributed by atoms with Crippen molar-refractivity contribution >= 4 is 23.3 Å².